The Morgan fingerprint density at radius 1 is 0.635 bits per heavy atom. The minimum Gasteiger partial charge on any atom is -0.478 e. The van der Waals surface area contributed by atoms with Gasteiger partial charge >= 0.3 is 30.1 Å². The van der Waals surface area contributed by atoms with Crippen molar-refractivity contribution in [2.45, 2.75) is 43.6 Å². The van der Waals surface area contributed by atoms with Crippen molar-refractivity contribution >= 4 is 66.5 Å². The summed E-state index contributed by atoms with van der Waals surface area (Å²) in [6, 6.07) is 3.59. The summed E-state index contributed by atoms with van der Waals surface area (Å²) in [5.41, 5.74) is 5.40. The number of halogens is 7. The van der Waals surface area contributed by atoms with Crippen molar-refractivity contribution in [2.24, 2.45) is 5.92 Å². The van der Waals surface area contributed by atoms with Gasteiger partial charge in [-0.05, 0) is 24.3 Å². The van der Waals surface area contributed by atoms with Gasteiger partial charge in [-0.1, -0.05) is 60.4 Å². The molecule has 0 fully saturated rings. The molecule has 8 aromatic heterocycles. The molecule has 0 aromatic carbocycles. The molecule has 0 saturated heterocycles. The Bertz CT molecular complexity index is 2810. The maximum atomic E-state index is 13.0. The molecule has 0 saturated carbocycles. The van der Waals surface area contributed by atoms with E-state index in [1.165, 1.54) is 44.3 Å². The summed E-state index contributed by atoms with van der Waals surface area (Å²) in [6.07, 6.45) is 16.8. The molecule has 8 heterocycles. The first kappa shape index (κ1) is 71.6. The lowest BCUT2D eigenvalue weighted by Gasteiger charge is -2.05. The summed E-state index contributed by atoms with van der Waals surface area (Å²) in [5, 5.41) is 57.3. The average molecular weight is 1110 g/mol. The number of aromatic amines is 1. The number of esters is 1. The number of hydrogen-bond acceptors (Lipinski definition) is 18. The van der Waals surface area contributed by atoms with Crippen LogP contribution in [0.5, 0.6) is 0 Å². The zero-order valence-electron chi connectivity index (χ0n) is 35.6. The minimum absolute atomic E-state index is 0. The van der Waals surface area contributed by atoms with Crippen LogP contribution in [0.25, 0.3) is 17.5 Å². The molecule has 0 bridgehead atoms. The number of ether oxygens (including phenoxy) is 1. The number of carboxylic acid groups (broad SMARTS) is 3. The van der Waals surface area contributed by atoms with Crippen LogP contribution < -0.4 is 0 Å². The van der Waals surface area contributed by atoms with Crippen LogP contribution in [0.3, 0.4) is 0 Å². The van der Waals surface area contributed by atoms with Gasteiger partial charge in [0.2, 0.25) is 0 Å². The summed E-state index contributed by atoms with van der Waals surface area (Å²) < 4.78 is 56.5. The number of carbonyl (C=O) groups excluding carboxylic acids is 1. The third-order valence-corrected chi connectivity index (χ3v) is 7.26. The van der Waals surface area contributed by atoms with Crippen molar-refractivity contribution in [2.75, 3.05) is 7.11 Å². The number of carboxylic acids is 3. The lowest BCUT2D eigenvalue weighted by Crippen LogP contribution is -2.12. The van der Waals surface area contributed by atoms with Crippen molar-refractivity contribution < 1.29 is 61.6 Å². The molecule has 0 aliphatic carbocycles. The maximum Gasteiger partial charge on any atom is 0.341 e. The Hall–Kier alpha value is -8.99. The van der Waals surface area contributed by atoms with Crippen molar-refractivity contribution in [1.82, 2.24) is 80.3 Å². The van der Waals surface area contributed by atoms with Crippen LogP contribution in [0.15, 0.2) is 98.6 Å². The SMILES string of the molecule is C.C.C.C.CC(C)C=[N+]=N.COC(=O)c1cc(F)cnc1-n1nccn1.Cl.Cl.O=C(O)c1cc(F)cnc1-n1ccnn1.O=C(O)c1cc(F)cnc1-n1nccn1.O=C(O)c1cc(F)cnc1Cl.c1cn[nH]n1. The van der Waals surface area contributed by atoms with E-state index in [-0.39, 0.29) is 99.4 Å². The van der Waals surface area contributed by atoms with Crippen molar-refractivity contribution in [3.63, 3.8) is 0 Å². The quantitative estimate of drug-likeness (QED) is 0.0249. The lowest BCUT2D eigenvalue weighted by molar-refractivity contribution is -0.116. The number of hydrogen-bond donors (Lipinski definition) is 5. The fraction of sp³-hybridized carbons (Fsp3) is 0.195. The summed E-state index contributed by atoms with van der Waals surface area (Å²) >= 11 is 5.33. The van der Waals surface area contributed by atoms with E-state index < -0.39 is 47.1 Å². The molecule has 0 unspecified atom stereocenters. The minimum atomic E-state index is -1.29. The number of rotatable bonds is 8. The van der Waals surface area contributed by atoms with Gasteiger partial charge in [0, 0.05) is 4.79 Å². The van der Waals surface area contributed by atoms with Gasteiger partial charge in [0.05, 0.1) is 98.5 Å². The van der Waals surface area contributed by atoms with Crippen LogP contribution in [-0.2, 0) is 4.74 Å². The molecule has 0 atom stereocenters. The van der Waals surface area contributed by atoms with Crippen LogP contribution in [0.2, 0.25) is 5.15 Å². The molecule has 33 heteroatoms. The zero-order valence-corrected chi connectivity index (χ0v) is 38.0. The third kappa shape index (κ3) is 23.3. The number of aromatic nitrogens is 16. The molecule has 0 amide bonds. The van der Waals surface area contributed by atoms with Crippen molar-refractivity contribution in [3.8, 4) is 17.5 Å². The average Bonchev–Trinajstić information content (AvgIpc) is 4.18. The number of H-pyrrole nitrogens is 1. The van der Waals surface area contributed by atoms with E-state index in [0.29, 0.717) is 5.92 Å². The second-order valence-electron chi connectivity index (χ2n) is 12.1. The van der Waals surface area contributed by atoms with Gasteiger partial charge in [0.1, 0.15) is 45.1 Å². The second kappa shape index (κ2) is 36.9. The highest BCUT2D eigenvalue weighted by molar-refractivity contribution is 6.32. The molecule has 8 aromatic rings. The molecule has 0 aliphatic rings. The number of pyridine rings is 4. The number of carbonyl (C=O) groups is 4. The Balaban J connectivity index is -0.000000405. The van der Waals surface area contributed by atoms with Crippen LogP contribution in [0.4, 0.5) is 17.6 Å². The van der Waals surface area contributed by atoms with E-state index >= 15 is 0 Å². The highest BCUT2D eigenvalue weighted by Gasteiger charge is 2.18. The first-order chi connectivity index (χ1) is 32.5. The van der Waals surface area contributed by atoms with Crippen LogP contribution >= 0.6 is 36.4 Å². The van der Waals surface area contributed by atoms with Gasteiger partial charge in [-0.15, -0.1) is 39.5 Å². The van der Waals surface area contributed by atoms with Crippen LogP contribution in [0, 0.1) is 34.7 Å². The molecule has 400 valence electrons. The first-order valence-electron chi connectivity index (χ1n) is 18.1. The molecular weight excluding hydrogens is 1050 g/mol. The van der Waals surface area contributed by atoms with Gasteiger partial charge in [-0.2, -0.15) is 35.8 Å². The zero-order chi connectivity index (χ0) is 50.2. The Kier molecular flexibility index (Phi) is 35.7. The molecule has 0 radical (unpaired) electrons. The summed E-state index contributed by atoms with van der Waals surface area (Å²) in [6.45, 7) is 3.97. The summed E-state index contributed by atoms with van der Waals surface area (Å²) in [5.74, 6) is -6.76. The van der Waals surface area contributed by atoms with Gasteiger partial charge in [-0.3, -0.25) is 0 Å². The molecule has 0 aliphatic heterocycles. The van der Waals surface area contributed by atoms with Crippen LogP contribution in [0.1, 0.15) is 85.0 Å². The topological polar surface area (TPSA) is 361 Å². The highest BCUT2D eigenvalue weighted by Crippen LogP contribution is 2.15. The summed E-state index contributed by atoms with van der Waals surface area (Å²) in [7, 11) is 1.20. The van der Waals surface area contributed by atoms with E-state index in [4.69, 9.17) is 32.5 Å². The number of nitrogens with zero attached hydrogens (tertiary/aromatic N) is 16. The van der Waals surface area contributed by atoms with E-state index in [1.54, 1.807) is 18.6 Å². The molecule has 0 spiro atoms. The predicted octanol–water partition coefficient (Wildman–Crippen LogP) is 7.30. The summed E-state index contributed by atoms with van der Waals surface area (Å²) in [4.78, 5) is 62.8. The Morgan fingerprint density at radius 2 is 1.01 bits per heavy atom. The van der Waals surface area contributed by atoms with Gasteiger partial charge in [0.15, 0.2) is 17.5 Å². The van der Waals surface area contributed by atoms with Crippen molar-refractivity contribution in [3.05, 3.63) is 149 Å². The Morgan fingerprint density at radius 3 is 1.34 bits per heavy atom. The Labute approximate surface area is 435 Å². The molecular formula is C41H50Cl3F4N18O8+. The lowest BCUT2D eigenvalue weighted by atomic mass is 10.2. The monoisotopic (exact) mass is 1100 g/mol. The molecule has 8 rings (SSSR count). The number of aromatic carboxylic acids is 3. The molecule has 74 heavy (non-hydrogen) atoms. The predicted molar refractivity (Wildman–Crippen MR) is 260 cm³/mol. The van der Waals surface area contributed by atoms with E-state index in [9.17, 15) is 36.7 Å². The fourth-order valence-electron chi connectivity index (χ4n) is 4.23. The smallest absolute Gasteiger partial charge is 0.341 e. The van der Waals surface area contributed by atoms with Gasteiger partial charge in [-0.25, -0.2) is 61.4 Å². The fourth-order valence-corrected chi connectivity index (χ4v) is 4.42. The van der Waals surface area contributed by atoms with E-state index in [1.807, 2.05) is 13.8 Å². The molecule has 26 nitrogen and oxygen atoms in total. The largest absolute Gasteiger partial charge is 0.478 e. The number of nitrogens with one attached hydrogen (secondary N) is 2. The maximum absolute atomic E-state index is 13.0. The van der Waals surface area contributed by atoms with Gasteiger partial charge < -0.3 is 20.1 Å². The standard InChI is InChI=1S/C9H7FN4O2.2C8H5FN4O2.C6H3ClFNO2.C4H9N2.C2H3N3.4CH4.2ClH/c1-16-9(15)7-4-6(10)5-11-8(7)14-12-2-3-13-14;9-5-3-6(8(14)15)7(10-4-5)13-2-1-11-12-13;9-5-3-6(8(14)15)7(10-4-5)13-11-1-2-12-13;7-5-4(6(10)11)1-3(8)2-9-5;1-4(2)3-6-5;1-2-4-5-3-1;;;;;;/h2-5H,1H3;2*1-4H,(H,14,15);1-2H,(H,10,11);3-5H,1-2H3;1-2H,(H,3,4,5);4*1H4;2*1H/q;;;;+1;;;;;;;. The van der Waals surface area contributed by atoms with Crippen molar-refractivity contribution in [1.29, 1.82) is 5.53 Å². The normalized spacial score (nSPS) is 8.93. The van der Waals surface area contributed by atoms with E-state index in [2.05, 4.69) is 75.6 Å². The second-order valence-corrected chi connectivity index (χ2v) is 12.5. The third-order valence-electron chi connectivity index (χ3n) is 6.96. The van der Waals surface area contributed by atoms with Gasteiger partial charge in [0.25, 0.3) is 0 Å². The highest BCUT2D eigenvalue weighted by atomic mass is 35.5. The van der Waals surface area contributed by atoms with E-state index in [0.717, 1.165) is 63.3 Å². The first-order valence-corrected chi connectivity index (χ1v) is 18.5. The molecule has 5 N–H and O–H groups in total. The number of methoxy groups -OCH3 is 1. The van der Waals surface area contributed by atoms with Crippen LogP contribution in [-0.4, -0.2) is 138 Å².